The van der Waals surface area contributed by atoms with Crippen molar-refractivity contribution in [1.29, 1.82) is 0 Å². The van der Waals surface area contributed by atoms with Gasteiger partial charge in [0.05, 0.1) is 24.6 Å². The smallest absolute Gasteiger partial charge is 0.247 e. The molecule has 1 aromatic heterocycles. The van der Waals surface area contributed by atoms with E-state index >= 15 is 0 Å². The van der Waals surface area contributed by atoms with Gasteiger partial charge in [0.1, 0.15) is 0 Å². The Labute approximate surface area is 146 Å². The van der Waals surface area contributed by atoms with E-state index in [4.69, 9.17) is 4.42 Å². The van der Waals surface area contributed by atoms with Crippen molar-refractivity contribution in [2.75, 3.05) is 25.1 Å². The van der Waals surface area contributed by atoms with Crippen LogP contribution in [0.5, 0.6) is 0 Å². The summed E-state index contributed by atoms with van der Waals surface area (Å²) in [5.41, 5.74) is 0.815. The molecule has 1 aliphatic heterocycles. The molecule has 2 aromatic rings. The van der Waals surface area contributed by atoms with Crippen molar-refractivity contribution in [3.63, 3.8) is 0 Å². The van der Waals surface area contributed by atoms with Crippen molar-refractivity contribution < 1.29 is 17.6 Å². The molecule has 9 heteroatoms. The van der Waals surface area contributed by atoms with Gasteiger partial charge in [-0.1, -0.05) is 18.2 Å². The van der Waals surface area contributed by atoms with Gasteiger partial charge in [-0.05, 0) is 25.6 Å². The fourth-order valence-electron chi connectivity index (χ4n) is 2.73. The summed E-state index contributed by atoms with van der Waals surface area (Å²) in [6.07, 6.45) is 0.566. The fraction of sp³-hybridized carbons (Fsp3) is 0.438. The van der Waals surface area contributed by atoms with Crippen LogP contribution in [-0.2, 0) is 21.2 Å². The summed E-state index contributed by atoms with van der Waals surface area (Å²) in [5.74, 6) is 0.803. The average molecular weight is 364 g/mol. The second-order valence-corrected chi connectivity index (χ2v) is 8.34. The van der Waals surface area contributed by atoms with E-state index in [-0.39, 0.29) is 36.5 Å². The number of nitrogens with zero attached hydrogens (tertiary/aromatic N) is 3. The van der Waals surface area contributed by atoms with Crippen molar-refractivity contribution >= 4 is 15.7 Å². The first-order valence-electron chi connectivity index (χ1n) is 7.98. The molecule has 1 atom stereocenters. The Morgan fingerprint density at radius 1 is 1.32 bits per heavy atom. The van der Waals surface area contributed by atoms with Gasteiger partial charge in [-0.2, -0.15) is 0 Å². The highest BCUT2D eigenvalue weighted by atomic mass is 32.2. The Bertz CT molecular complexity index is 835. The van der Waals surface area contributed by atoms with Crippen LogP contribution < -0.4 is 5.32 Å². The Hall–Kier alpha value is -2.26. The first-order valence-corrected chi connectivity index (χ1v) is 9.80. The normalized spacial score (nSPS) is 19.2. The third-order valence-corrected chi connectivity index (χ3v) is 5.90. The van der Waals surface area contributed by atoms with Crippen molar-refractivity contribution in [1.82, 2.24) is 20.4 Å². The van der Waals surface area contributed by atoms with Gasteiger partial charge < -0.3 is 9.73 Å². The van der Waals surface area contributed by atoms with Gasteiger partial charge in [0.25, 0.3) is 0 Å². The zero-order valence-corrected chi connectivity index (χ0v) is 14.7. The molecule has 0 aliphatic carbocycles. The van der Waals surface area contributed by atoms with Crippen LogP contribution in [0, 0.1) is 0 Å². The summed E-state index contributed by atoms with van der Waals surface area (Å²) >= 11 is 0. The lowest BCUT2D eigenvalue weighted by molar-refractivity contribution is -0.122. The number of rotatable bonds is 6. The molecular formula is C16H20N4O4S. The van der Waals surface area contributed by atoms with E-state index in [1.165, 1.54) is 0 Å². The van der Waals surface area contributed by atoms with Gasteiger partial charge in [-0.3, -0.25) is 9.69 Å². The Morgan fingerprint density at radius 2 is 2.08 bits per heavy atom. The predicted molar refractivity (Wildman–Crippen MR) is 91.3 cm³/mol. The van der Waals surface area contributed by atoms with E-state index in [1.54, 1.807) is 11.9 Å². The van der Waals surface area contributed by atoms with E-state index in [9.17, 15) is 13.2 Å². The number of nitrogens with one attached hydrogen (secondary N) is 1. The van der Waals surface area contributed by atoms with Crippen molar-refractivity contribution in [2.24, 2.45) is 0 Å². The number of hydrogen-bond acceptors (Lipinski definition) is 7. The quantitative estimate of drug-likeness (QED) is 0.794. The van der Waals surface area contributed by atoms with Gasteiger partial charge in [-0.15, -0.1) is 10.2 Å². The first kappa shape index (κ1) is 17.6. The molecule has 0 saturated carbocycles. The average Bonchev–Trinajstić information content (AvgIpc) is 3.20. The van der Waals surface area contributed by atoms with Crippen LogP contribution in [0.25, 0.3) is 11.5 Å². The van der Waals surface area contributed by atoms with Crippen LogP contribution in [0.15, 0.2) is 34.7 Å². The minimum atomic E-state index is -2.96. The van der Waals surface area contributed by atoms with Gasteiger partial charge in [0.15, 0.2) is 9.84 Å². The summed E-state index contributed by atoms with van der Waals surface area (Å²) in [7, 11) is -1.21. The number of likely N-dealkylation sites (N-methyl/N-ethyl adjacent to an activating group) is 1. The molecule has 1 aromatic carbocycles. The Balaban J connectivity index is 1.49. The highest BCUT2D eigenvalue weighted by Crippen LogP contribution is 2.17. The number of benzene rings is 1. The maximum absolute atomic E-state index is 12.0. The van der Waals surface area contributed by atoms with Crippen LogP contribution in [-0.4, -0.2) is 60.6 Å². The minimum Gasteiger partial charge on any atom is -0.419 e. The van der Waals surface area contributed by atoms with Crippen LogP contribution in [0.4, 0.5) is 0 Å². The molecule has 2 heterocycles. The largest absolute Gasteiger partial charge is 0.419 e. The van der Waals surface area contributed by atoms with Crippen LogP contribution >= 0.6 is 0 Å². The molecule has 25 heavy (non-hydrogen) atoms. The van der Waals surface area contributed by atoms with Crippen molar-refractivity contribution in [2.45, 2.75) is 19.0 Å². The van der Waals surface area contributed by atoms with Crippen molar-refractivity contribution in [3.05, 3.63) is 36.2 Å². The molecule has 0 bridgehead atoms. The van der Waals surface area contributed by atoms with Crippen molar-refractivity contribution in [3.8, 4) is 11.5 Å². The number of carbonyl (C=O) groups excluding carboxylic acids is 1. The van der Waals surface area contributed by atoms with Gasteiger partial charge >= 0.3 is 0 Å². The third kappa shape index (κ3) is 4.64. The summed E-state index contributed by atoms with van der Waals surface area (Å²) in [4.78, 5) is 13.8. The summed E-state index contributed by atoms with van der Waals surface area (Å²) < 4.78 is 28.5. The Morgan fingerprint density at radius 3 is 2.76 bits per heavy atom. The zero-order chi connectivity index (χ0) is 17.9. The van der Waals surface area contributed by atoms with Crippen LogP contribution in [0.2, 0.25) is 0 Å². The van der Waals surface area contributed by atoms with E-state index in [2.05, 4.69) is 15.5 Å². The minimum absolute atomic E-state index is 0.108. The zero-order valence-electron chi connectivity index (χ0n) is 13.9. The number of sulfone groups is 1. The number of amides is 1. The highest BCUT2D eigenvalue weighted by molar-refractivity contribution is 7.91. The van der Waals surface area contributed by atoms with Crippen LogP contribution in [0.3, 0.4) is 0 Å². The lowest BCUT2D eigenvalue weighted by atomic mass is 10.2. The molecule has 0 spiro atoms. The number of hydrogen-bond donors (Lipinski definition) is 1. The Kier molecular flexibility index (Phi) is 5.14. The summed E-state index contributed by atoms with van der Waals surface area (Å²) in [6.45, 7) is 0.259. The predicted octanol–water partition coefficient (Wildman–Crippen LogP) is 0.472. The molecule has 3 rings (SSSR count). The standard InChI is InChI=1S/C16H20N4O4S/c1-20(13-7-8-25(22,23)11-13)10-14(21)17-9-15-18-19-16(24-15)12-5-3-2-4-6-12/h2-6,13H,7-11H2,1H3,(H,17,21)/t13-/m0/s1. The summed E-state index contributed by atoms with van der Waals surface area (Å²) in [6, 6.07) is 9.26. The monoisotopic (exact) mass is 364 g/mol. The molecule has 1 fully saturated rings. The van der Waals surface area contributed by atoms with Crippen LogP contribution in [0.1, 0.15) is 12.3 Å². The molecule has 0 unspecified atom stereocenters. The third-order valence-electron chi connectivity index (χ3n) is 4.15. The number of aromatic nitrogens is 2. The fourth-order valence-corrected chi connectivity index (χ4v) is 4.54. The second kappa shape index (κ2) is 7.32. The summed E-state index contributed by atoms with van der Waals surface area (Å²) in [5, 5.41) is 10.6. The SMILES string of the molecule is CN(CC(=O)NCc1nnc(-c2ccccc2)o1)[C@H]1CCS(=O)(=O)C1. The molecule has 134 valence electrons. The molecule has 1 N–H and O–H groups in total. The maximum Gasteiger partial charge on any atom is 0.247 e. The molecule has 0 radical (unpaired) electrons. The lowest BCUT2D eigenvalue weighted by Crippen LogP contribution is -2.41. The molecule has 1 aliphatic rings. The molecule has 8 nitrogen and oxygen atoms in total. The van der Waals surface area contributed by atoms with E-state index in [0.29, 0.717) is 18.2 Å². The highest BCUT2D eigenvalue weighted by Gasteiger charge is 2.31. The van der Waals surface area contributed by atoms with Gasteiger partial charge in [0.2, 0.25) is 17.7 Å². The molecule has 1 amide bonds. The lowest BCUT2D eigenvalue weighted by Gasteiger charge is -2.21. The first-order chi connectivity index (χ1) is 11.9. The van der Waals surface area contributed by atoms with E-state index in [0.717, 1.165) is 5.56 Å². The van der Waals surface area contributed by atoms with E-state index in [1.807, 2.05) is 30.3 Å². The van der Waals surface area contributed by atoms with Gasteiger partial charge in [-0.25, -0.2) is 8.42 Å². The maximum atomic E-state index is 12.0. The second-order valence-electron chi connectivity index (χ2n) is 6.12. The van der Waals surface area contributed by atoms with Gasteiger partial charge in [0, 0.05) is 11.6 Å². The number of carbonyl (C=O) groups is 1. The van der Waals surface area contributed by atoms with E-state index < -0.39 is 9.84 Å². The molecule has 1 saturated heterocycles. The topological polar surface area (TPSA) is 105 Å². The molecular weight excluding hydrogens is 344 g/mol.